The van der Waals surface area contributed by atoms with Crippen molar-refractivity contribution in [3.8, 4) is 0 Å². The smallest absolute Gasteiger partial charge is 0.315 e. The molecular formula is C18H24O2. The second-order valence-electron chi connectivity index (χ2n) is 5.22. The maximum Gasteiger partial charge on any atom is 0.315 e. The van der Waals surface area contributed by atoms with Gasteiger partial charge in [0.1, 0.15) is 0 Å². The molecule has 2 nitrogen and oxygen atoms in total. The first kappa shape index (κ1) is 16.2. The second kappa shape index (κ2) is 9.13. The molecular weight excluding hydrogens is 248 g/mol. The van der Waals surface area contributed by atoms with E-state index in [1.54, 1.807) is 6.26 Å². The number of rotatable bonds is 8. The van der Waals surface area contributed by atoms with E-state index in [0.717, 1.165) is 30.4 Å². The van der Waals surface area contributed by atoms with Gasteiger partial charge in [-0.05, 0) is 43.2 Å². The summed E-state index contributed by atoms with van der Waals surface area (Å²) >= 11 is 0. The predicted octanol–water partition coefficient (Wildman–Crippen LogP) is 4.67. The largest absolute Gasteiger partial charge is 0.434 e. The lowest BCUT2D eigenvalue weighted by Gasteiger charge is -2.06. The van der Waals surface area contributed by atoms with Crippen LogP contribution < -0.4 is 0 Å². The van der Waals surface area contributed by atoms with Gasteiger partial charge < -0.3 is 4.74 Å². The monoisotopic (exact) mass is 272 g/mol. The molecule has 0 fully saturated rings. The molecule has 0 radical (unpaired) electrons. The molecule has 1 unspecified atom stereocenters. The van der Waals surface area contributed by atoms with Gasteiger partial charge in [-0.3, -0.25) is 4.79 Å². The van der Waals surface area contributed by atoms with Crippen LogP contribution in [0, 0.1) is 5.92 Å². The summed E-state index contributed by atoms with van der Waals surface area (Å²) in [4.78, 5) is 11.7. The zero-order valence-corrected chi connectivity index (χ0v) is 12.5. The van der Waals surface area contributed by atoms with Crippen LogP contribution in [0.4, 0.5) is 0 Å². The number of allylic oxidation sites excluding steroid dienone is 2. The maximum atomic E-state index is 11.7. The first-order valence-electron chi connectivity index (χ1n) is 7.13. The van der Waals surface area contributed by atoms with E-state index in [-0.39, 0.29) is 5.97 Å². The van der Waals surface area contributed by atoms with Crippen LogP contribution in [0.1, 0.15) is 38.7 Å². The first-order chi connectivity index (χ1) is 9.61. The van der Waals surface area contributed by atoms with E-state index in [1.807, 2.05) is 43.3 Å². The van der Waals surface area contributed by atoms with Gasteiger partial charge in [-0.1, -0.05) is 43.3 Å². The summed E-state index contributed by atoms with van der Waals surface area (Å²) in [6.07, 6.45) is 7.04. The molecule has 1 aromatic rings. The summed E-state index contributed by atoms with van der Waals surface area (Å²) in [6.45, 7) is 7.93. The van der Waals surface area contributed by atoms with Crippen molar-refractivity contribution in [2.24, 2.45) is 5.92 Å². The highest BCUT2D eigenvalue weighted by Crippen LogP contribution is 2.13. The van der Waals surface area contributed by atoms with Crippen molar-refractivity contribution in [2.45, 2.75) is 39.5 Å². The van der Waals surface area contributed by atoms with Crippen LogP contribution in [-0.4, -0.2) is 5.97 Å². The predicted molar refractivity (Wildman–Crippen MR) is 83.2 cm³/mol. The number of esters is 1. The van der Waals surface area contributed by atoms with E-state index >= 15 is 0 Å². The summed E-state index contributed by atoms with van der Waals surface area (Å²) in [5.74, 6) is 0.332. The quantitative estimate of drug-likeness (QED) is 0.390. The molecule has 1 aromatic carbocycles. The number of carbonyl (C=O) groups is 1. The van der Waals surface area contributed by atoms with E-state index in [1.165, 1.54) is 0 Å². The zero-order chi connectivity index (χ0) is 14.8. The van der Waals surface area contributed by atoms with Crippen LogP contribution in [0.25, 0.3) is 0 Å². The summed E-state index contributed by atoms with van der Waals surface area (Å²) < 4.78 is 5.17. The molecule has 0 spiro atoms. The van der Waals surface area contributed by atoms with Crippen molar-refractivity contribution >= 4 is 5.97 Å². The van der Waals surface area contributed by atoms with E-state index in [0.29, 0.717) is 12.3 Å². The van der Waals surface area contributed by atoms with Gasteiger partial charge in [0, 0.05) is 0 Å². The van der Waals surface area contributed by atoms with Gasteiger partial charge in [-0.15, -0.1) is 6.58 Å². The molecule has 0 aliphatic rings. The molecule has 0 aliphatic carbocycles. The molecule has 2 heteroatoms. The minimum absolute atomic E-state index is 0.213. The highest BCUT2D eigenvalue weighted by molar-refractivity contribution is 5.73. The lowest BCUT2D eigenvalue weighted by atomic mass is 10.0. The third-order valence-electron chi connectivity index (χ3n) is 3.22. The Morgan fingerprint density at radius 2 is 2.05 bits per heavy atom. The molecule has 0 aromatic heterocycles. The fraction of sp³-hybridized carbons (Fsp3) is 0.389. The molecule has 1 atom stereocenters. The summed E-state index contributed by atoms with van der Waals surface area (Å²) in [5.41, 5.74) is 2.08. The van der Waals surface area contributed by atoms with Crippen LogP contribution in [0.15, 0.2) is 54.8 Å². The Bertz CT molecular complexity index is 446. The van der Waals surface area contributed by atoms with Gasteiger partial charge in [0.25, 0.3) is 0 Å². The summed E-state index contributed by atoms with van der Waals surface area (Å²) in [6, 6.07) is 9.63. The SMILES string of the molecule is C=CC(C)CCC/C(C)=C/OC(=O)Cc1ccccc1. The Morgan fingerprint density at radius 3 is 2.70 bits per heavy atom. The van der Waals surface area contributed by atoms with Gasteiger partial charge in [0.15, 0.2) is 0 Å². The Balaban J connectivity index is 2.28. The average molecular weight is 272 g/mol. The standard InChI is InChI=1S/C18H24O2/c1-4-15(2)9-8-10-16(3)14-20-18(19)13-17-11-6-5-7-12-17/h4-7,11-12,14-15H,1,8-10,13H2,2-3H3/b16-14+. The van der Waals surface area contributed by atoms with Crippen LogP contribution in [0.2, 0.25) is 0 Å². The van der Waals surface area contributed by atoms with E-state index < -0.39 is 0 Å². The summed E-state index contributed by atoms with van der Waals surface area (Å²) in [7, 11) is 0. The van der Waals surface area contributed by atoms with Crippen molar-refractivity contribution in [2.75, 3.05) is 0 Å². The molecule has 0 saturated carbocycles. The minimum atomic E-state index is -0.213. The van der Waals surface area contributed by atoms with Crippen molar-refractivity contribution < 1.29 is 9.53 Å². The van der Waals surface area contributed by atoms with E-state index in [9.17, 15) is 4.79 Å². The third kappa shape index (κ3) is 6.93. The van der Waals surface area contributed by atoms with Crippen LogP contribution in [0.5, 0.6) is 0 Å². The Kier molecular flexibility index (Phi) is 7.41. The lowest BCUT2D eigenvalue weighted by Crippen LogP contribution is -2.04. The van der Waals surface area contributed by atoms with Crippen molar-refractivity contribution in [1.82, 2.24) is 0 Å². The zero-order valence-electron chi connectivity index (χ0n) is 12.5. The molecule has 0 N–H and O–H groups in total. The fourth-order valence-electron chi connectivity index (χ4n) is 1.85. The number of ether oxygens (including phenoxy) is 1. The molecule has 0 bridgehead atoms. The number of hydrogen-bond donors (Lipinski definition) is 0. The second-order valence-corrected chi connectivity index (χ2v) is 5.22. The van der Waals surface area contributed by atoms with Gasteiger partial charge in [0.05, 0.1) is 12.7 Å². The highest BCUT2D eigenvalue weighted by Gasteiger charge is 2.03. The van der Waals surface area contributed by atoms with Crippen LogP contribution >= 0.6 is 0 Å². The molecule has 20 heavy (non-hydrogen) atoms. The number of benzene rings is 1. The van der Waals surface area contributed by atoms with Gasteiger partial charge in [0.2, 0.25) is 0 Å². The maximum absolute atomic E-state index is 11.7. The Labute approximate surface area is 122 Å². The lowest BCUT2D eigenvalue weighted by molar-refractivity contribution is -0.137. The fourth-order valence-corrected chi connectivity index (χ4v) is 1.85. The van der Waals surface area contributed by atoms with Crippen LogP contribution in [-0.2, 0) is 16.0 Å². The molecule has 1 rings (SSSR count). The molecule has 0 heterocycles. The summed E-state index contributed by atoms with van der Waals surface area (Å²) in [5, 5.41) is 0. The Morgan fingerprint density at radius 1 is 1.35 bits per heavy atom. The minimum Gasteiger partial charge on any atom is -0.434 e. The molecule has 108 valence electrons. The normalized spacial score (nSPS) is 12.8. The van der Waals surface area contributed by atoms with Crippen molar-refractivity contribution in [1.29, 1.82) is 0 Å². The Hall–Kier alpha value is -1.83. The number of carbonyl (C=O) groups excluding carboxylic acids is 1. The van der Waals surface area contributed by atoms with Crippen molar-refractivity contribution in [3.05, 3.63) is 60.4 Å². The van der Waals surface area contributed by atoms with Gasteiger partial charge in [-0.2, -0.15) is 0 Å². The highest BCUT2D eigenvalue weighted by atomic mass is 16.5. The van der Waals surface area contributed by atoms with Crippen LogP contribution in [0.3, 0.4) is 0 Å². The average Bonchev–Trinajstić information content (AvgIpc) is 2.46. The van der Waals surface area contributed by atoms with Gasteiger partial charge in [-0.25, -0.2) is 0 Å². The molecule has 0 saturated heterocycles. The van der Waals surface area contributed by atoms with Crippen molar-refractivity contribution in [3.63, 3.8) is 0 Å². The number of hydrogen-bond acceptors (Lipinski definition) is 2. The van der Waals surface area contributed by atoms with E-state index in [2.05, 4.69) is 13.5 Å². The molecule has 0 amide bonds. The van der Waals surface area contributed by atoms with Gasteiger partial charge >= 0.3 is 5.97 Å². The topological polar surface area (TPSA) is 26.3 Å². The van der Waals surface area contributed by atoms with E-state index in [4.69, 9.17) is 4.74 Å². The first-order valence-corrected chi connectivity index (χ1v) is 7.13. The third-order valence-corrected chi connectivity index (χ3v) is 3.22. The molecule has 0 aliphatic heterocycles.